The van der Waals surface area contributed by atoms with Gasteiger partial charge in [0.2, 0.25) is 0 Å². The molecule has 1 atom stereocenters. The van der Waals surface area contributed by atoms with E-state index in [4.69, 9.17) is 5.73 Å². The summed E-state index contributed by atoms with van der Waals surface area (Å²) in [5, 5.41) is 0. The fourth-order valence-corrected chi connectivity index (χ4v) is 2.29. The largest absolute Gasteiger partial charge is 0.324 e. The maximum absolute atomic E-state index is 6.18. The lowest BCUT2D eigenvalue weighted by Crippen LogP contribution is -2.14. The van der Waals surface area contributed by atoms with Gasteiger partial charge in [-0.05, 0) is 74.4 Å². The van der Waals surface area contributed by atoms with Crippen LogP contribution in [0.1, 0.15) is 52.8 Å². The van der Waals surface area contributed by atoms with Crippen molar-refractivity contribution in [2.75, 3.05) is 0 Å². The predicted molar refractivity (Wildman–Crippen MR) is 74.6 cm³/mol. The Morgan fingerprint density at radius 2 is 1.12 bits per heavy atom. The Hall–Kier alpha value is -0.530. The fraction of sp³-hybridized carbons (Fsp3) is 0.571. The van der Waals surface area contributed by atoms with Crippen LogP contribution in [0, 0.1) is 34.6 Å². The summed E-state index contributed by atoms with van der Waals surface area (Å²) in [6.07, 6.45) is 1.00. The average Bonchev–Trinajstić information content (AvgIpc) is 2.23. The maximum atomic E-state index is 6.18. The van der Waals surface area contributed by atoms with E-state index in [9.17, 15) is 0 Å². The molecule has 0 bridgehead atoms. The van der Waals surface area contributed by atoms with Crippen molar-refractivity contribution in [1.29, 1.82) is 0 Å². The molecule has 16 heavy (non-hydrogen) atoms. The van der Waals surface area contributed by atoms with E-state index in [0.29, 0.717) is 0 Å². The molecular formula is C14H24ClN. The van der Waals surface area contributed by atoms with Crippen molar-refractivity contribution in [3.8, 4) is 0 Å². The number of rotatable bonds is 2. The molecule has 2 heteroatoms. The lowest BCUT2D eigenvalue weighted by atomic mass is 9.86. The molecule has 0 fully saturated rings. The zero-order valence-electron chi connectivity index (χ0n) is 11.3. The fourth-order valence-electron chi connectivity index (χ4n) is 2.29. The van der Waals surface area contributed by atoms with Gasteiger partial charge in [0.1, 0.15) is 0 Å². The zero-order valence-corrected chi connectivity index (χ0v) is 12.1. The van der Waals surface area contributed by atoms with Crippen LogP contribution in [0.5, 0.6) is 0 Å². The monoisotopic (exact) mass is 241 g/mol. The van der Waals surface area contributed by atoms with Crippen LogP contribution < -0.4 is 5.73 Å². The summed E-state index contributed by atoms with van der Waals surface area (Å²) in [5.41, 5.74) is 14.5. The Morgan fingerprint density at radius 3 is 1.44 bits per heavy atom. The molecule has 1 nitrogen and oxygen atoms in total. The molecule has 0 spiro atoms. The number of nitrogens with two attached hydrogens (primary N) is 1. The van der Waals surface area contributed by atoms with Crippen molar-refractivity contribution in [1.82, 2.24) is 0 Å². The highest BCUT2D eigenvalue weighted by atomic mass is 35.5. The van der Waals surface area contributed by atoms with Gasteiger partial charge >= 0.3 is 0 Å². The topological polar surface area (TPSA) is 26.0 Å². The van der Waals surface area contributed by atoms with Gasteiger partial charge in [-0.25, -0.2) is 0 Å². The normalized spacial score (nSPS) is 12.2. The minimum absolute atomic E-state index is 0. The summed E-state index contributed by atoms with van der Waals surface area (Å²) >= 11 is 0. The Bertz CT molecular complexity index is 354. The molecule has 0 saturated heterocycles. The Kier molecular flexibility index (Phi) is 5.51. The summed E-state index contributed by atoms with van der Waals surface area (Å²) in [5.74, 6) is 0. The van der Waals surface area contributed by atoms with E-state index in [1.807, 2.05) is 0 Å². The van der Waals surface area contributed by atoms with Crippen molar-refractivity contribution >= 4 is 12.4 Å². The summed E-state index contributed by atoms with van der Waals surface area (Å²) in [4.78, 5) is 0. The molecule has 0 heterocycles. The molecule has 0 saturated carbocycles. The summed E-state index contributed by atoms with van der Waals surface area (Å²) < 4.78 is 0. The first kappa shape index (κ1) is 15.5. The van der Waals surface area contributed by atoms with Gasteiger partial charge in [0.15, 0.2) is 0 Å². The molecular weight excluding hydrogens is 218 g/mol. The standard InChI is InChI=1S/C14H23N.ClH/c1-7-13(15)14-11(5)9(3)8(2)10(4)12(14)6;/h13H,7,15H2,1-6H3;1H/t13-;/m0./s1. The number of hydrogen-bond donors (Lipinski definition) is 1. The van der Waals surface area contributed by atoms with Crippen LogP contribution in [0.4, 0.5) is 0 Å². The van der Waals surface area contributed by atoms with Gasteiger partial charge in [0.05, 0.1) is 0 Å². The van der Waals surface area contributed by atoms with Crippen LogP contribution in [0.15, 0.2) is 0 Å². The average molecular weight is 242 g/mol. The van der Waals surface area contributed by atoms with E-state index < -0.39 is 0 Å². The van der Waals surface area contributed by atoms with Crippen LogP contribution in [0.2, 0.25) is 0 Å². The van der Waals surface area contributed by atoms with Crippen molar-refractivity contribution in [2.45, 2.75) is 54.0 Å². The van der Waals surface area contributed by atoms with Gasteiger partial charge in [-0.3, -0.25) is 0 Å². The molecule has 0 unspecified atom stereocenters. The zero-order chi connectivity index (χ0) is 11.7. The van der Waals surface area contributed by atoms with Crippen molar-refractivity contribution in [3.63, 3.8) is 0 Å². The number of halogens is 1. The first-order valence-electron chi connectivity index (χ1n) is 5.74. The second-order valence-electron chi connectivity index (χ2n) is 4.55. The quantitative estimate of drug-likeness (QED) is 0.830. The number of benzene rings is 1. The first-order valence-corrected chi connectivity index (χ1v) is 5.74. The molecule has 0 radical (unpaired) electrons. The third-order valence-electron chi connectivity index (χ3n) is 3.87. The second kappa shape index (κ2) is 5.70. The summed E-state index contributed by atoms with van der Waals surface area (Å²) in [6.45, 7) is 13.1. The molecule has 0 amide bonds. The molecule has 1 aromatic carbocycles. The molecule has 92 valence electrons. The smallest absolute Gasteiger partial charge is 0.0297 e. The Labute approximate surface area is 106 Å². The molecule has 0 aromatic heterocycles. The molecule has 0 aliphatic heterocycles. The highest BCUT2D eigenvalue weighted by Gasteiger charge is 2.15. The van der Waals surface area contributed by atoms with Crippen LogP contribution in [-0.2, 0) is 0 Å². The highest BCUT2D eigenvalue weighted by Crippen LogP contribution is 2.30. The minimum atomic E-state index is 0. The lowest BCUT2D eigenvalue weighted by Gasteiger charge is -2.22. The van der Waals surface area contributed by atoms with E-state index in [1.54, 1.807) is 0 Å². The van der Waals surface area contributed by atoms with Crippen LogP contribution >= 0.6 is 12.4 Å². The van der Waals surface area contributed by atoms with Crippen LogP contribution in [-0.4, -0.2) is 0 Å². The third-order valence-corrected chi connectivity index (χ3v) is 3.87. The summed E-state index contributed by atoms with van der Waals surface area (Å²) in [6, 6.07) is 0.183. The second-order valence-corrected chi connectivity index (χ2v) is 4.55. The number of hydrogen-bond acceptors (Lipinski definition) is 1. The van der Waals surface area contributed by atoms with Crippen molar-refractivity contribution in [3.05, 3.63) is 33.4 Å². The van der Waals surface area contributed by atoms with Gasteiger partial charge < -0.3 is 5.73 Å². The predicted octanol–water partition coefficient (Wildman–Crippen LogP) is 4.06. The van der Waals surface area contributed by atoms with Gasteiger partial charge in [-0.15, -0.1) is 12.4 Å². The van der Waals surface area contributed by atoms with E-state index in [0.717, 1.165) is 6.42 Å². The third kappa shape index (κ3) is 2.41. The van der Waals surface area contributed by atoms with Gasteiger partial charge in [-0.2, -0.15) is 0 Å². The van der Waals surface area contributed by atoms with Crippen molar-refractivity contribution in [2.24, 2.45) is 5.73 Å². The summed E-state index contributed by atoms with van der Waals surface area (Å²) in [7, 11) is 0. The lowest BCUT2D eigenvalue weighted by molar-refractivity contribution is 0.686. The van der Waals surface area contributed by atoms with Crippen molar-refractivity contribution < 1.29 is 0 Å². The molecule has 0 aliphatic carbocycles. The SMILES string of the molecule is CC[C@H](N)c1c(C)c(C)c(C)c(C)c1C.Cl. The molecule has 1 aromatic rings. The van der Waals surface area contributed by atoms with Gasteiger partial charge in [0.25, 0.3) is 0 Å². The Balaban J connectivity index is 0.00000225. The van der Waals surface area contributed by atoms with Gasteiger partial charge in [-0.1, -0.05) is 6.92 Å². The minimum Gasteiger partial charge on any atom is -0.324 e. The van der Waals surface area contributed by atoms with Gasteiger partial charge in [0, 0.05) is 6.04 Å². The molecule has 2 N–H and O–H groups in total. The highest BCUT2D eigenvalue weighted by molar-refractivity contribution is 5.85. The maximum Gasteiger partial charge on any atom is 0.0297 e. The Morgan fingerprint density at radius 1 is 0.812 bits per heavy atom. The van der Waals surface area contributed by atoms with E-state index >= 15 is 0 Å². The van der Waals surface area contributed by atoms with Crippen LogP contribution in [0.3, 0.4) is 0 Å². The molecule has 0 aliphatic rings. The van der Waals surface area contributed by atoms with E-state index in [2.05, 4.69) is 41.5 Å². The molecule has 1 rings (SSSR count). The first-order chi connectivity index (χ1) is 6.91. The van der Waals surface area contributed by atoms with E-state index in [1.165, 1.54) is 33.4 Å². The van der Waals surface area contributed by atoms with Crippen LogP contribution in [0.25, 0.3) is 0 Å². The van der Waals surface area contributed by atoms with E-state index in [-0.39, 0.29) is 18.4 Å².